The van der Waals surface area contributed by atoms with Crippen LogP contribution in [0.25, 0.3) is 11.0 Å². The quantitative estimate of drug-likeness (QED) is 0.0843. The van der Waals surface area contributed by atoms with Crippen LogP contribution in [0.1, 0.15) is 31.5 Å². The predicted molar refractivity (Wildman–Crippen MR) is 214 cm³/mol. The molecule has 0 fully saturated rings. The largest absolute Gasteiger partial charge is 0.506 e. The van der Waals surface area contributed by atoms with Gasteiger partial charge in [-0.25, -0.2) is 9.37 Å². The molecule has 0 amide bonds. The Morgan fingerprint density at radius 1 is 0.685 bits per heavy atom. The SMILES string of the molecule is O=C(CCOc1ccc(Cl)cc1Cl)CCc1nc2ccc(F)cc2[nH]1.O=C(O)CCBr.O=C(O)CCOc1ccc(Cl)cc1Cl.Oc1ccc(Cl)cc1Cl. The first-order chi connectivity index (χ1) is 25.6. The van der Waals surface area contributed by atoms with Crippen LogP contribution in [0.2, 0.25) is 30.1 Å². The van der Waals surface area contributed by atoms with Gasteiger partial charge in [-0.2, -0.15) is 0 Å². The molecule has 1 heterocycles. The van der Waals surface area contributed by atoms with Gasteiger partial charge in [-0.15, -0.1) is 0 Å². The van der Waals surface area contributed by atoms with Gasteiger partial charge in [-0.3, -0.25) is 14.4 Å². The fourth-order valence-corrected chi connectivity index (χ4v) is 5.48. The van der Waals surface area contributed by atoms with Gasteiger partial charge >= 0.3 is 11.9 Å². The first-order valence-electron chi connectivity index (χ1n) is 15.5. The highest BCUT2D eigenvalue weighted by atomic mass is 79.9. The minimum Gasteiger partial charge on any atom is -0.506 e. The minimum atomic E-state index is -0.907. The topological polar surface area (TPSA) is 159 Å². The Hall–Kier alpha value is -3.49. The molecule has 0 aliphatic rings. The summed E-state index contributed by atoms with van der Waals surface area (Å²) in [6.45, 7) is 0.336. The Labute approximate surface area is 348 Å². The predicted octanol–water partition coefficient (Wildman–Crippen LogP) is 11.4. The number of alkyl halides is 1. The van der Waals surface area contributed by atoms with E-state index in [1.807, 2.05) is 0 Å². The number of halogens is 8. The lowest BCUT2D eigenvalue weighted by atomic mass is 10.1. The molecule has 4 aromatic carbocycles. The molecule has 0 unspecified atom stereocenters. The molecule has 0 saturated heterocycles. The maximum Gasteiger partial charge on any atom is 0.306 e. The van der Waals surface area contributed by atoms with Gasteiger partial charge in [0.05, 0.1) is 52.2 Å². The average molecular weight is 932 g/mol. The zero-order valence-corrected chi connectivity index (χ0v) is 34.1. The number of phenolic OH excluding ortho intramolecular Hbond substituents is 1. The number of ether oxygens (including phenoxy) is 2. The number of carboxylic acid groups (broad SMARTS) is 2. The van der Waals surface area contributed by atoms with Crippen molar-refractivity contribution in [1.82, 2.24) is 9.97 Å². The molecule has 0 aliphatic carbocycles. The number of hydrogen-bond donors (Lipinski definition) is 4. The lowest BCUT2D eigenvalue weighted by Crippen LogP contribution is -2.08. The highest BCUT2D eigenvalue weighted by molar-refractivity contribution is 9.09. The van der Waals surface area contributed by atoms with Crippen molar-refractivity contribution < 1.29 is 43.6 Å². The van der Waals surface area contributed by atoms with Gasteiger partial charge in [0.25, 0.3) is 0 Å². The molecule has 4 N–H and O–H groups in total. The molecule has 5 aromatic rings. The van der Waals surface area contributed by atoms with E-state index in [-0.39, 0.29) is 54.8 Å². The van der Waals surface area contributed by atoms with Crippen LogP contribution in [-0.2, 0) is 20.8 Å². The second-order valence-electron chi connectivity index (χ2n) is 10.6. The number of aromatic amines is 1. The average Bonchev–Trinajstić information content (AvgIpc) is 3.50. The molecular weight excluding hydrogens is 900 g/mol. The fourth-order valence-electron chi connectivity index (χ4n) is 3.81. The molecule has 0 aliphatic heterocycles. The Morgan fingerprint density at radius 3 is 1.67 bits per heavy atom. The monoisotopic (exact) mass is 928 g/mol. The van der Waals surface area contributed by atoms with Crippen LogP contribution >= 0.6 is 85.5 Å². The van der Waals surface area contributed by atoms with E-state index in [1.165, 1.54) is 24.3 Å². The van der Waals surface area contributed by atoms with Crippen LogP contribution in [0.4, 0.5) is 4.39 Å². The summed E-state index contributed by atoms with van der Waals surface area (Å²) in [4.78, 5) is 39.1. The number of rotatable bonds is 13. The molecule has 0 atom stereocenters. The van der Waals surface area contributed by atoms with Gasteiger partial charge in [0.1, 0.15) is 34.7 Å². The second-order valence-corrected chi connectivity index (χ2v) is 13.9. The molecule has 0 bridgehead atoms. The van der Waals surface area contributed by atoms with Gasteiger partial charge in [0, 0.05) is 39.7 Å². The molecule has 290 valence electrons. The summed E-state index contributed by atoms with van der Waals surface area (Å²) in [7, 11) is 0. The van der Waals surface area contributed by atoms with Crippen molar-refractivity contribution in [2.75, 3.05) is 18.5 Å². The lowest BCUT2D eigenvalue weighted by molar-refractivity contribution is -0.138. The molecule has 18 heteroatoms. The van der Waals surface area contributed by atoms with E-state index in [0.29, 0.717) is 71.6 Å². The molecule has 5 rings (SSSR count). The van der Waals surface area contributed by atoms with Gasteiger partial charge < -0.3 is 29.8 Å². The molecule has 0 spiro atoms. The minimum absolute atomic E-state index is 0.0525. The third kappa shape index (κ3) is 18.7. The van der Waals surface area contributed by atoms with E-state index in [4.69, 9.17) is 94.4 Å². The molecular formula is C36H32BrCl6FN2O8. The van der Waals surface area contributed by atoms with E-state index in [0.717, 1.165) is 0 Å². The van der Waals surface area contributed by atoms with Gasteiger partial charge in [0.15, 0.2) is 0 Å². The molecule has 54 heavy (non-hydrogen) atoms. The number of aliphatic carboxylic acids is 2. The van der Waals surface area contributed by atoms with Crippen molar-refractivity contribution >= 4 is 114 Å². The number of ketones is 1. The number of aromatic nitrogens is 2. The number of nitrogens with one attached hydrogen (secondary N) is 1. The van der Waals surface area contributed by atoms with Crippen molar-refractivity contribution in [2.24, 2.45) is 0 Å². The number of carbonyl (C=O) groups excluding carboxylic acids is 1. The highest BCUT2D eigenvalue weighted by Gasteiger charge is 2.09. The molecule has 1 aromatic heterocycles. The smallest absolute Gasteiger partial charge is 0.306 e. The number of fused-ring (bicyclic) bond motifs is 1. The van der Waals surface area contributed by atoms with E-state index >= 15 is 0 Å². The number of imidazole rings is 1. The number of H-pyrrole nitrogens is 1. The normalized spacial score (nSPS) is 10.1. The Balaban J connectivity index is 0.000000291. The number of nitrogens with zero attached hydrogens (tertiary/aromatic N) is 1. The second kappa shape index (κ2) is 24.8. The summed E-state index contributed by atoms with van der Waals surface area (Å²) in [6.07, 6.45) is 1.23. The van der Waals surface area contributed by atoms with Crippen LogP contribution in [0, 0.1) is 5.82 Å². The van der Waals surface area contributed by atoms with Crippen LogP contribution in [0.3, 0.4) is 0 Å². The standard InChI is InChI=1S/C18H15Cl2FN2O2.C9H8Cl2O3.C6H4Cl2O.C3H5BrO2/c19-11-1-5-17(14(20)9-11)25-8-7-13(24)3-6-18-22-15-4-2-12(21)10-16(15)23-18;10-6-1-2-8(7(11)5-6)14-4-3-9(12)13;7-4-1-2-6(9)5(8)3-4;4-2-1-3(5)6/h1-2,4-5,9-10H,3,6-8H2,(H,22,23);1-2,5H,3-4H2,(H,12,13);1-3,9H;1-2H2,(H,5,6). The van der Waals surface area contributed by atoms with Crippen molar-refractivity contribution in [2.45, 2.75) is 32.1 Å². The number of hydrogen-bond acceptors (Lipinski definition) is 7. The highest BCUT2D eigenvalue weighted by Crippen LogP contribution is 2.29. The third-order valence-electron chi connectivity index (χ3n) is 6.35. The zero-order chi connectivity index (χ0) is 40.2. The van der Waals surface area contributed by atoms with Crippen molar-refractivity contribution in [3.8, 4) is 17.2 Å². The van der Waals surface area contributed by atoms with Gasteiger partial charge in [-0.05, 0) is 72.8 Å². The number of benzene rings is 4. The van der Waals surface area contributed by atoms with Crippen molar-refractivity contribution in [3.05, 3.63) is 115 Å². The first-order valence-corrected chi connectivity index (χ1v) is 18.9. The Morgan fingerprint density at radius 2 is 1.20 bits per heavy atom. The molecule has 0 radical (unpaired) electrons. The van der Waals surface area contributed by atoms with Crippen LogP contribution < -0.4 is 9.47 Å². The number of Topliss-reactive ketones (excluding diaryl/α,β-unsaturated/α-hetero) is 1. The van der Waals surface area contributed by atoms with Crippen molar-refractivity contribution in [3.63, 3.8) is 0 Å². The lowest BCUT2D eigenvalue weighted by Gasteiger charge is -2.07. The zero-order valence-electron chi connectivity index (χ0n) is 27.9. The number of aromatic hydroxyl groups is 1. The van der Waals surface area contributed by atoms with E-state index < -0.39 is 11.9 Å². The number of phenols is 1. The van der Waals surface area contributed by atoms with E-state index in [1.54, 1.807) is 48.5 Å². The van der Waals surface area contributed by atoms with Gasteiger partial charge in [-0.1, -0.05) is 85.5 Å². The van der Waals surface area contributed by atoms with Crippen LogP contribution in [-0.4, -0.2) is 61.6 Å². The van der Waals surface area contributed by atoms with Crippen LogP contribution in [0.5, 0.6) is 17.2 Å². The van der Waals surface area contributed by atoms with Crippen molar-refractivity contribution in [1.29, 1.82) is 0 Å². The molecule has 10 nitrogen and oxygen atoms in total. The van der Waals surface area contributed by atoms with Gasteiger partial charge in [0.2, 0.25) is 0 Å². The summed E-state index contributed by atoms with van der Waals surface area (Å²) >= 11 is 37.2. The maximum atomic E-state index is 13.2. The summed E-state index contributed by atoms with van der Waals surface area (Å²) < 4.78 is 23.8. The number of carbonyl (C=O) groups is 3. The fraction of sp³-hybridized carbons (Fsp3) is 0.222. The summed E-state index contributed by atoms with van der Waals surface area (Å²) in [5, 5.41) is 28.3. The molecule has 0 saturated carbocycles. The van der Waals surface area contributed by atoms with E-state index in [2.05, 4.69) is 25.9 Å². The van der Waals surface area contributed by atoms with E-state index in [9.17, 15) is 18.8 Å². The summed E-state index contributed by atoms with van der Waals surface area (Å²) in [6, 6.07) is 18.6. The maximum absolute atomic E-state index is 13.2. The summed E-state index contributed by atoms with van der Waals surface area (Å²) in [5.74, 6) is -0.275. The number of aryl methyl sites for hydroxylation is 1. The number of carboxylic acids is 2. The summed E-state index contributed by atoms with van der Waals surface area (Å²) in [5.41, 5.74) is 1.31. The Bertz CT molecular complexity index is 2000. The van der Waals surface area contributed by atoms with Crippen LogP contribution in [0.15, 0.2) is 72.8 Å². The first kappa shape index (κ1) is 46.7. The Kier molecular flexibility index (Phi) is 21.5. The third-order valence-corrected chi connectivity index (χ3v) is 8.35.